The van der Waals surface area contributed by atoms with E-state index in [0.717, 1.165) is 15.4 Å². The van der Waals surface area contributed by atoms with Gasteiger partial charge >= 0.3 is 24.3 Å². The molecule has 0 atom stereocenters. The highest BCUT2D eigenvalue weighted by Gasteiger charge is 2.28. The fourth-order valence-corrected chi connectivity index (χ4v) is 2.41. The Morgan fingerprint density at radius 3 is 2.00 bits per heavy atom. The first-order valence-corrected chi connectivity index (χ1v) is 10.1. The summed E-state index contributed by atoms with van der Waals surface area (Å²) in [6, 6.07) is 2.16. The van der Waals surface area contributed by atoms with E-state index in [-0.39, 0.29) is 30.5 Å². The van der Waals surface area contributed by atoms with Crippen molar-refractivity contribution in [2.45, 2.75) is 52.1 Å². The first-order chi connectivity index (χ1) is 16.2. The van der Waals surface area contributed by atoms with E-state index in [9.17, 15) is 40.7 Å². The average molecular weight is 518 g/mol. The Balaban J connectivity index is 0.000000351. The zero-order chi connectivity index (χ0) is 26.8. The van der Waals surface area contributed by atoms with Gasteiger partial charge in [0.1, 0.15) is 5.69 Å². The highest BCUT2D eigenvalue weighted by molar-refractivity contribution is 5.87. The molecule has 0 radical (unpaired) electrons. The van der Waals surface area contributed by atoms with Crippen molar-refractivity contribution < 1.29 is 50.1 Å². The third-order valence-corrected chi connectivity index (χ3v) is 3.95. The Hall–Kier alpha value is -3.46. The molecule has 35 heavy (non-hydrogen) atoms. The molecule has 0 fully saturated rings. The molecular formula is C19H24F6N4O6. The van der Waals surface area contributed by atoms with Gasteiger partial charge in [0.25, 0.3) is 5.56 Å². The Kier molecular flexibility index (Phi) is 10.9. The summed E-state index contributed by atoms with van der Waals surface area (Å²) in [4.78, 5) is 33.8. The molecule has 0 saturated carbocycles. The molecule has 0 saturated heterocycles. The topological polar surface area (TPSA) is 117 Å². The maximum Gasteiger partial charge on any atom is 0.390 e. The average Bonchev–Trinajstić information content (AvgIpc) is 3.34. The lowest BCUT2D eigenvalue weighted by atomic mass is 10.4. The lowest BCUT2D eigenvalue weighted by molar-refractivity contribution is -0.138. The molecule has 0 aliphatic heterocycles. The Bertz CT molecular complexity index is 1020. The molecule has 10 nitrogen and oxygen atoms in total. The third-order valence-electron chi connectivity index (χ3n) is 3.95. The summed E-state index contributed by atoms with van der Waals surface area (Å²) in [7, 11) is 1.29. The molecule has 0 bridgehead atoms. The standard InChI is InChI=1S/C10H13F3N2O3.C9H11F3N2O3/c1-3-18-9(16)7-6-8(17-2)15(14-7)5-4-10(11,12)13;1-2-17-8(16)6-5-7(15)14(13-6)4-3-9(10,11)12/h6H,3-5H2,1-2H3;5,13H,2-4H2,1H3. The summed E-state index contributed by atoms with van der Waals surface area (Å²) in [5, 5.41) is 5.99. The molecule has 0 unspecified atom stereocenters. The molecule has 1 N–H and O–H groups in total. The van der Waals surface area contributed by atoms with Crippen molar-refractivity contribution in [3.63, 3.8) is 0 Å². The number of carbonyl (C=O) groups excluding carboxylic acids is 2. The third kappa shape index (κ3) is 10.6. The molecule has 2 rings (SSSR count). The Labute approximate surface area is 194 Å². The predicted octanol–water partition coefficient (Wildman–Crippen LogP) is 3.33. The number of hydrogen-bond donors (Lipinski definition) is 1. The maximum atomic E-state index is 12.1. The van der Waals surface area contributed by atoms with Crippen LogP contribution < -0.4 is 10.3 Å². The van der Waals surface area contributed by atoms with Crippen molar-refractivity contribution in [3.05, 3.63) is 33.9 Å². The van der Waals surface area contributed by atoms with Gasteiger partial charge in [-0.25, -0.2) is 14.3 Å². The minimum Gasteiger partial charge on any atom is -0.481 e. The number of rotatable bonds is 9. The molecule has 0 amide bonds. The second kappa shape index (κ2) is 12.9. The quantitative estimate of drug-likeness (QED) is 0.400. The predicted molar refractivity (Wildman–Crippen MR) is 107 cm³/mol. The number of esters is 2. The van der Waals surface area contributed by atoms with Crippen LogP contribution in [0.1, 0.15) is 47.7 Å². The van der Waals surface area contributed by atoms with Gasteiger partial charge in [-0.1, -0.05) is 0 Å². The van der Waals surface area contributed by atoms with Crippen LogP contribution in [-0.4, -0.2) is 64.2 Å². The number of aromatic amines is 1. The lowest BCUT2D eigenvalue weighted by Gasteiger charge is -2.08. The van der Waals surface area contributed by atoms with Gasteiger partial charge in [-0.3, -0.25) is 14.6 Å². The summed E-state index contributed by atoms with van der Waals surface area (Å²) >= 11 is 0. The van der Waals surface area contributed by atoms with Gasteiger partial charge in [-0.2, -0.15) is 31.4 Å². The molecular weight excluding hydrogens is 494 g/mol. The number of halogens is 6. The van der Waals surface area contributed by atoms with E-state index >= 15 is 0 Å². The van der Waals surface area contributed by atoms with Crippen LogP contribution in [-0.2, 0) is 22.6 Å². The number of carbonyl (C=O) groups is 2. The monoisotopic (exact) mass is 518 g/mol. The van der Waals surface area contributed by atoms with Crippen molar-refractivity contribution in [1.29, 1.82) is 0 Å². The number of nitrogens with one attached hydrogen (secondary N) is 1. The van der Waals surface area contributed by atoms with Crippen LogP contribution >= 0.6 is 0 Å². The van der Waals surface area contributed by atoms with Crippen LogP contribution in [0.25, 0.3) is 0 Å². The molecule has 2 aromatic heterocycles. The van der Waals surface area contributed by atoms with Crippen molar-refractivity contribution in [2.75, 3.05) is 20.3 Å². The van der Waals surface area contributed by atoms with Crippen molar-refractivity contribution in [2.24, 2.45) is 0 Å². The summed E-state index contributed by atoms with van der Waals surface area (Å²) in [6.45, 7) is 2.52. The van der Waals surface area contributed by atoms with E-state index in [0.29, 0.717) is 0 Å². The van der Waals surface area contributed by atoms with Crippen LogP contribution in [0.5, 0.6) is 5.88 Å². The number of aromatic nitrogens is 4. The van der Waals surface area contributed by atoms with Crippen LogP contribution in [0.2, 0.25) is 0 Å². The van der Waals surface area contributed by atoms with Crippen LogP contribution in [0.3, 0.4) is 0 Å². The zero-order valence-electron chi connectivity index (χ0n) is 19.0. The van der Waals surface area contributed by atoms with E-state index in [4.69, 9.17) is 9.47 Å². The highest BCUT2D eigenvalue weighted by atomic mass is 19.4. The van der Waals surface area contributed by atoms with Crippen molar-refractivity contribution in [1.82, 2.24) is 19.6 Å². The number of alkyl halides is 6. The molecule has 0 spiro atoms. The first kappa shape index (κ1) is 29.6. The minimum absolute atomic E-state index is 0.0733. The van der Waals surface area contributed by atoms with Gasteiger partial charge in [-0.15, -0.1) is 0 Å². The number of H-pyrrole nitrogens is 1. The summed E-state index contributed by atoms with van der Waals surface area (Å²) in [6.07, 6.45) is -10.8. The second-order valence-corrected chi connectivity index (χ2v) is 6.63. The number of aryl methyl sites for hydroxylation is 2. The van der Waals surface area contributed by atoms with Crippen LogP contribution in [0.15, 0.2) is 16.9 Å². The summed E-state index contributed by atoms with van der Waals surface area (Å²) in [5.74, 6) is -1.38. The minimum atomic E-state index is -4.35. The second-order valence-electron chi connectivity index (χ2n) is 6.63. The SMILES string of the molecule is CCOC(=O)c1cc(=O)n(CCC(F)(F)F)[nH]1.CCOC(=O)c1cc(OC)n(CCC(F)(F)F)n1. The van der Waals surface area contributed by atoms with Gasteiger partial charge in [-0.05, 0) is 13.8 Å². The van der Waals surface area contributed by atoms with E-state index in [1.807, 2.05) is 0 Å². The van der Waals surface area contributed by atoms with Crippen LogP contribution in [0.4, 0.5) is 26.3 Å². The molecule has 2 heterocycles. The molecule has 2 aromatic rings. The number of methoxy groups -OCH3 is 1. The number of hydrogen-bond acceptors (Lipinski definition) is 7. The van der Waals surface area contributed by atoms with Gasteiger partial charge in [0.05, 0.1) is 46.3 Å². The molecule has 16 heteroatoms. The normalized spacial score (nSPS) is 11.5. The van der Waals surface area contributed by atoms with Crippen LogP contribution in [0, 0.1) is 0 Å². The Morgan fingerprint density at radius 1 is 0.943 bits per heavy atom. The summed E-state index contributed by atoms with van der Waals surface area (Å²) in [5.41, 5.74) is -0.924. The smallest absolute Gasteiger partial charge is 0.390 e. The first-order valence-electron chi connectivity index (χ1n) is 10.1. The van der Waals surface area contributed by atoms with Gasteiger partial charge in [0, 0.05) is 12.1 Å². The molecule has 0 aliphatic rings. The fraction of sp³-hybridized carbons (Fsp3) is 0.579. The lowest BCUT2D eigenvalue weighted by Crippen LogP contribution is -2.20. The fourth-order valence-electron chi connectivity index (χ4n) is 2.41. The molecule has 0 aromatic carbocycles. The van der Waals surface area contributed by atoms with Gasteiger partial charge < -0.3 is 14.2 Å². The molecule has 198 valence electrons. The van der Waals surface area contributed by atoms with Gasteiger partial charge in [0.15, 0.2) is 5.69 Å². The summed E-state index contributed by atoms with van der Waals surface area (Å²) < 4.78 is 87.9. The Morgan fingerprint density at radius 2 is 1.49 bits per heavy atom. The number of nitrogens with zero attached hydrogens (tertiary/aromatic N) is 3. The highest BCUT2D eigenvalue weighted by Crippen LogP contribution is 2.23. The van der Waals surface area contributed by atoms with E-state index in [1.54, 1.807) is 13.8 Å². The van der Waals surface area contributed by atoms with Gasteiger partial charge in [0.2, 0.25) is 5.88 Å². The van der Waals surface area contributed by atoms with E-state index in [2.05, 4.69) is 14.9 Å². The maximum absolute atomic E-state index is 12.1. The van der Waals surface area contributed by atoms with E-state index < -0.39 is 55.8 Å². The number of ether oxygens (including phenoxy) is 3. The molecule has 0 aliphatic carbocycles. The zero-order valence-corrected chi connectivity index (χ0v) is 19.0. The van der Waals surface area contributed by atoms with Crippen molar-refractivity contribution >= 4 is 11.9 Å². The van der Waals surface area contributed by atoms with E-state index in [1.165, 1.54) is 13.2 Å². The largest absolute Gasteiger partial charge is 0.481 e. The van der Waals surface area contributed by atoms with Crippen molar-refractivity contribution in [3.8, 4) is 5.88 Å².